The first-order valence-corrected chi connectivity index (χ1v) is 6.02. The Bertz CT molecular complexity index is 391. The number of halogens is 1. The number of hydrogen-bond acceptors (Lipinski definition) is 1. The molecule has 2 rings (SSSR count). The minimum atomic E-state index is 0.279. The maximum Gasteiger partial charge on any atom is 0.158 e. The van der Waals surface area contributed by atoms with Crippen molar-refractivity contribution >= 4 is 27.8 Å². The summed E-state index contributed by atoms with van der Waals surface area (Å²) in [5, 5.41) is 0. The molecule has 0 N–H and O–H groups in total. The number of ketones is 1. The fourth-order valence-corrected chi connectivity index (χ4v) is 2.03. The highest BCUT2D eigenvalue weighted by Gasteiger charge is 2.22. The van der Waals surface area contributed by atoms with Gasteiger partial charge in [-0.25, -0.2) is 0 Å². The molecule has 1 aliphatic rings. The van der Waals surface area contributed by atoms with Crippen LogP contribution in [0.1, 0.15) is 24.8 Å². The number of carbonyl (C=O) groups is 1. The molecule has 0 spiro atoms. The quantitative estimate of drug-likeness (QED) is 0.759. The highest BCUT2D eigenvalue weighted by Crippen LogP contribution is 2.27. The standard InChI is InChI=1S/C13H13BrO/c14-12-6-1-3-10(9-12)7-8-13(15)11-4-2-5-11/h1,3,6-9,11H,2,4-5H2. The molecule has 0 atom stereocenters. The maximum atomic E-state index is 11.6. The van der Waals surface area contributed by atoms with Crippen molar-refractivity contribution in [3.63, 3.8) is 0 Å². The molecular formula is C13H13BrO. The molecule has 0 heterocycles. The SMILES string of the molecule is O=C(C=Cc1cccc(Br)c1)C1CCC1. The predicted octanol–water partition coefficient (Wildman–Crippen LogP) is 3.83. The lowest BCUT2D eigenvalue weighted by molar-refractivity contribution is -0.120. The van der Waals surface area contributed by atoms with Crippen molar-refractivity contribution in [3.8, 4) is 0 Å². The summed E-state index contributed by atoms with van der Waals surface area (Å²) in [6.07, 6.45) is 6.96. The second kappa shape index (κ2) is 4.75. The minimum Gasteiger partial charge on any atom is -0.295 e. The van der Waals surface area contributed by atoms with Crippen LogP contribution >= 0.6 is 15.9 Å². The first kappa shape index (κ1) is 10.6. The van der Waals surface area contributed by atoms with Gasteiger partial charge in [0.15, 0.2) is 5.78 Å². The van der Waals surface area contributed by atoms with Gasteiger partial charge in [0.05, 0.1) is 0 Å². The van der Waals surface area contributed by atoms with Crippen molar-refractivity contribution in [1.29, 1.82) is 0 Å². The number of carbonyl (C=O) groups excluding carboxylic acids is 1. The molecule has 0 unspecified atom stereocenters. The van der Waals surface area contributed by atoms with Gasteiger partial charge in [0, 0.05) is 10.4 Å². The Labute approximate surface area is 98.3 Å². The Morgan fingerprint density at radius 1 is 1.40 bits per heavy atom. The summed E-state index contributed by atoms with van der Waals surface area (Å²) in [4.78, 5) is 11.6. The van der Waals surface area contributed by atoms with E-state index < -0.39 is 0 Å². The Morgan fingerprint density at radius 3 is 2.80 bits per heavy atom. The van der Waals surface area contributed by atoms with E-state index in [0.29, 0.717) is 5.92 Å². The summed E-state index contributed by atoms with van der Waals surface area (Å²) in [5.74, 6) is 0.578. The molecule has 0 aromatic heterocycles. The fraction of sp³-hybridized carbons (Fsp3) is 0.308. The van der Waals surface area contributed by atoms with Crippen LogP contribution in [0.25, 0.3) is 6.08 Å². The van der Waals surface area contributed by atoms with Crippen LogP contribution in [0.15, 0.2) is 34.8 Å². The monoisotopic (exact) mass is 264 g/mol. The van der Waals surface area contributed by atoms with Gasteiger partial charge in [-0.15, -0.1) is 0 Å². The Hall–Kier alpha value is -0.890. The van der Waals surface area contributed by atoms with Crippen molar-refractivity contribution in [2.24, 2.45) is 5.92 Å². The van der Waals surface area contributed by atoms with E-state index in [-0.39, 0.29) is 5.78 Å². The summed E-state index contributed by atoms with van der Waals surface area (Å²) < 4.78 is 1.04. The van der Waals surface area contributed by atoms with Crippen molar-refractivity contribution in [2.75, 3.05) is 0 Å². The third-order valence-corrected chi connectivity index (χ3v) is 3.29. The van der Waals surface area contributed by atoms with E-state index in [2.05, 4.69) is 15.9 Å². The molecule has 1 aromatic rings. The van der Waals surface area contributed by atoms with Gasteiger partial charge in [-0.3, -0.25) is 4.79 Å². The Balaban J connectivity index is 2.01. The van der Waals surface area contributed by atoms with Gasteiger partial charge in [0.25, 0.3) is 0 Å². The summed E-state index contributed by atoms with van der Waals surface area (Å²) >= 11 is 3.40. The number of hydrogen-bond donors (Lipinski definition) is 0. The lowest BCUT2D eigenvalue weighted by atomic mass is 9.82. The predicted molar refractivity (Wildman–Crippen MR) is 65.5 cm³/mol. The van der Waals surface area contributed by atoms with Gasteiger partial charge >= 0.3 is 0 Å². The average molecular weight is 265 g/mol. The minimum absolute atomic E-state index is 0.279. The van der Waals surface area contributed by atoms with E-state index in [4.69, 9.17) is 0 Å². The third kappa shape index (κ3) is 2.78. The maximum absolute atomic E-state index is 11.6. The van der Waals surface area contributed by atoms with E-state index in [1.807, 2.05) is 30.3 Å². The highest BCUT2D eigenvalue weighted by atomic mass is 79.9. The first-order chi connectivity index (χ1) is 7.25. The second-order valence-corrected chi connectivity index (χ2v) is 4.83. The van der Waals surface area contributed by atoms with Crippen molar-refractivity contribution < 1.29 is 4.79 Å². The largest absolute Gasteiger partial charge is 0.295 e. The average Bonchev–Trinajstić information content (AvgIpc) is 2.12. The lowest BCUT2D eigenvalue weighted by Gasteiger charge is -2.21. The van der Waals surface area contributed by atoms with Gasteiger partial charge in [0.1, 0.15) is 0 Å². The molecule has 2 heteroatoms. The molecular weight excluding hydrogens is 252 g/mol. The van der Waals surface area contributed by atoms with Crippen LogP contribution in [0.3, 0.4) is 0 Å². The van der Waals surface area contributed by atoms with Gasteiger partial charge < -0.3 is 0 Å². The molecule has 1 aromatic carbocycles. The van der Waals surface area contributed by atoms with Crippen LogP contribution in [-0.2, 0) is 4.79 Å². The van der Waals surface area contributed by atoms with E-state index in [0.717, 1.165) is 22.9 Å². The zero-order chi connectivity index (χ0) is 10.7. The normalized spacial score (nSPS) is 16.6. The van der Waals surface area contributed by atoms with Crippen LogP contribution in [0.2, 0.25) is 0 Å². The molecule has 0 amide bonds. The fourth-order valence-electron chi connectivity index (χ4n) is 1.62. The molecule has 1 nitrogen and oxygen atoms in total. The van der Waals surface area contributed by atoms with E-state index in [9.17, 15) is 4.79 Å². The second-order valence-electron chi connectivity index (χ2n) is 3.92. The number of allylic oxidation sites excluding steroid dienone is 1. The Morgan fingerprint density at radius 2 is 2.20 bits per heavy atom. The summed E-state index contributed by atoms with van der Waals surface area (Å²) in [6, 6.07) is 7.95. The lowest BCUT2D eigenvalue weighted by Crippen LogP contribution is -2.19. The van der Waals surface area contributed by atoms with E-state index in [1.54, 1.807) is 6.08 Å². The number of benzene rings is 1. The topological polar surface area (TPSA) is 17.1 Å². The highest BCUT2D eigenvalue weighted by molar-refractivity contribution is 9.10. The zero-order valence-corrected chi connectivity index (χ0v) is 10.0. The van der Waals surface area contributed by atoms with E-state index in [1.165, 1.54) is 6.42 Å². The summed E-state index contributed by atoms with van der Waals surface area (Å²) in [6.45, 7) is 0. The molecule has 15 heavy (non-hydrogen) atoms. The van der Waals surface area contributed by atoms with Gasteiger partial charge in [-0.05, 0) is 36.6 Å². The summed E-state index contributed by atoms with van der Waals surface area (Å²) in [7, 11) is 0. The smallest absolute Gasteiger partial charge is 0.158 e. The molecule has 1 aliphatic carbocycles. The Kier molecular flexibility index (Phi) is 3.37. The van der Waals surface area contributed by atoms with Gasteiger partial charge in [0.2, 0.25) is 0 Å². The third-order valence-electron chi connectivity index (χ3n) is 2.80. The molecule has 0 saturated heterocycles. The van der Waals surface area contributed by atoms with Crippen LogP contribution in [0.4, 0.5) is 0 Å². The van der Waals surface area contributed by atoms with Crippen molar-refractivity contribution in [2.45, 2.75) is 19.3 Å². The zero-order valence-electron chi connectivity index (χ0n) is 8.45. The first-order valence-electron chi connectivity index (χ1n) is 5.23. The van der Waals surface area contributed by atoms with Crippen LogP contribution in [0.5, 0.6) is 0 Å². The molecule has 0 aliphatic heterocycles. The summed E-state index contributed by atoms with van der Waals surface area (Å²) in [5.41, 5.74) is 1.07. The molecule has 78 valence electrons. The molecule has 0 bridgehead atoms. The molecule has 1 fully saturated rings. The van der Waals surface area contributed by atoms with Gasteiger partial charge in [-0.2, -0.15) is 0 Å². The van der Waals surface area contributed by atoms with Crippen molar-refractivity contribution in [1.82, 2.24) is 0 Å². The van der Waals surface area contributed by atoms with Crippen molar-refractivity contribution in [3.05, 3.63) is 40.4 Å². The van der Waals surface area contributed by atoms with Crippen LogP contribution in [-0.4, -0.2) is 5.78 Å². The van der Waals surface area contributed by atoms with Crippen LogP contribution in [0, 0.1) is 5.92 Å². The molecule has 0 radical (unpaired) electrons. The van der Waals surface area contributed by atoms with Gasteiger partial charge in [-0.1, -0.05) is 40.6 Å². The van der Waals surface area contributed by atoms with E-state index >= 15 is 0 Å². The van der Waals surface area contributed by atoms with Crippen LogP contribution < -0.4 is 0 Å². The number of rotatable bonds is 3. The molecule has 1 saturated carbocycles.